The minimum atomic E-state index is -0.310. The number of hydrogen-bond acceptors (Lipinski definition) is 10. The number of nitrogens with one attached hydrogen (secondary N) is 1. The molecule has 0 bridgehead atoms. The Kier molecular flexibility index (Phi) is 6.73. The topological polar surface area (TPSA) is 107 Å². The van der Waals surface area contributed by atoms with E-state index in [9.17, 15) is 9.59 Å². The number of rotatable bonds is 6. The lowest BCUT2D eigenvalue weighted by Crippen LogP contribution is -2.16. The molecular weight excluding hydrogens is 442 g/mol. The maximum Gasteiger partial charge on any atom is 0.316 e. The summed E-state index contributed by atoms with van der Waals surface area (Å²) in [5.74, 6) is 0.341. The third-order valence-corrected chi connectivity index (χ3v) is 7.22. The van der Waals surface area contributed by atoms with Gasteiger partial charge >= 0.3 is 5.97 Å². The van der Waals surface area contributed by atoms with E-state index in [0.717, 1.165) is 27.3 Å². The first-order valence-electron chi connectivity index (χ1n) is 9.31. The van der Waals surface area contributed by atoms with Crippen LogP contribution in [0.3, 0.4) is 0 Å². The first kappa shape index (κ1) is 22.6. The molecule has 8 nitrogen and oxygen atoms in total. The van der Waals surface area contributed by atoms with E-state index in [0.29, 0.717) is 21.0 Å². The number of carbonyl (C=O) groups is 2. The maximum atomic E-state index is 12.9. The number of amides is 1. The van der Waals surface area contributed by atoms with E-state index < -0.39 is 0 Å². The lowest BCUT2D eigenvalue weighted by atomic mass is 9.95. The first-order chi connectivity index (χ1) is 14.1. The number of ether oxygens (including phenoxy) is 1. The summed E-state index contributed by atoms with van der Waals surface area (Å²) in [5.41, 5.74) is 1.54. The number of thiophene rings is 1. The fourth-order valence-corrected chi connectivity index (χ4v) is 5.36. The Labute approximate surface area is 186 Å². The Hall–Kier alpha value is -2.11. The molecule has 3 heterocycles. The summed E-state index contributed by atoms with van der Waals surface area (Å²) in [6, 6.07) is 0. The molecule has 0 atom stereocenters. The lowest BCUT2D eigenvalue weighted by Gasteiger charge is -2.16. The Morgan fingerprint density at radius 1 is 1.13 bits per heavy atom. The summed E-state index contributed by atoms with van der Waals surface area (Å²) in [4.78, 5) is 35.0. The zero-order valence-corrected chi connectivity index (χ0v) is 20.1. The van der Waals surface area contributed by atoms with Gasteiger partial charge in [-0.15, -0.1) is 21.5 Å². The number of hydrogen-bond donors (Lipinski definition) is 1. The lowest BCUT2D eigenvalue weighted by molar-refractivity contribution is -0.139. The molecule has 0 spiro atoms. The van der Waals surface area contributed by atoms with Crippen LogP contribution >= 0.6 is 34.4 Å². The van der Waals surface area contributed by atoms with Gasteiger partial charge in [0.15, 0.2) is 4.34 Å². The van der Waals surface area contributed by atoms with Crippen molar-refractivity contribution in [2.75, 3.05) is 17.7 Å². The van der Waals surface area contributed by atoms with Gasteiger partial charge in [0, 0.05) is 10.8 Å². The highest BCUT2D eigenvalue weighted by Crippen LogP contribution is 2.34. The second-order valence-electron chi connectivity index (χ2n) is 7.54. The van der Waals surface area contributed by atoms with E-state index >= 15 is 0 Å². The second kappa shape index (κ2) is 8.94. The number of aryl methyl sites for hydroxylation is 2. The first-order valence-corrected chi connectivity index (χ1v) is 11.9. The predicted molar refractivity (Wildman–Crippen MR) is 121 cm³/mol. The zero-order valence-electron chi connectivity index (χ0n) is 17.7. The third-order valence-electron chi connectivity index (χ3n) is 4.09. The minimum absolute atomic E-state index is 0.153. The number of carbonyl (C=O) groups excluding carboxylic acids is 2. The number of fused-ring (bicyclic) bond motifs is 1. The SMILES string of the molecule is CCOC(=O)CSc1nnc(NC(=O)c2sc3nc(C(C)(C)C)nc(C)c3c2C)s1. The van der Waals surface area contributed by atoms with Crippen LogP contribution in [0.25, 0.3) is 10.2 Å². The van der Waals surface area contributed by atoms with Gasteiger partial charge in [-0.3, -0.25) is 14.9 Å². The van der Waals surface area contributed by atoms with Crippen molar-refractivity contribution in [3.8, 4) is 0 Å². The fraction of sp³-hybridized carbons (Fsp3) is 0.474. The van der Waals surface area contributed by atoms with Crippen molar-refractivity contribution >= 4 is 61.7 Å². The molecule has 0 saturated carbocycles. The van der Waals surface area contributed by atoms with Gasteiger partial charge < -0.3 is 4.74 Å². The Balaban J connectivity index is 1.78. The highest BCUT2D eigenvalue weighted by Gasteiger charge is 2.24. The van der Waals surface area contributed by atoms with Crippen molar-refractivity contribution in [2.45, 2.75) is 51.3 Å². The van der Waals surface area contributed by atoms with Crippen LogP contribution in [-0.2, 0) is 14.9 Å². The van der Waals surface area contributed by atoms with E-state index in [-0.39, 0.29) is 23.0 Å². The van der Waals surface area contributed by atoms with Gasteiger partial charge in [0.2, 0.25) is 5.13 Å². The molecule has 0 fully saturated rings. The van der Waals surface area contributed by atoms with Crippen molar-refractivity contribution in [3.05, 3.63) is 22.0 Å². The van der Waals surface area contributed by atoms with E-state index in [1.54, 1.807) is 6.92 Å². The second-order valence-corrected chi connectivity index (χ2v) is 10.7. The van der Waals surface area contributed by atoms with Crippen molar-refractivity contribution in [2.24, 2.45) is 0 Å². The van der Waals surface area contributed by atoms with Gasteiger partial charge in [0.05, 0.1) is 22.9 Å². The van der Waals surface area contributed by atoms with Crippen molar-refractivity contribution in [1.29, 1.82) is 0 Å². The maximum absolute atomic E-state index is 12.9. The Morgan fingerprint density at radius 3 is 2.53 bits per heavy atom. The average Bonchev–Trinajstić information content (AvgIpc) is 3.24. The van der Waals surface area contributed by atoms with Crippen LogP contribution in [-0.4, -0.2) is 44.4 Å². The molecule has 3 rings (SSSR count). The molecular formula is C19H23N5O3S3. The fourth-order valence-electron chi connectivity index (χ4n) is 2.69. The summed E-state index contributed by atoms with van der Waals surface area (Å²) < 4.78 is 5.48. The minimum Gasteiger partial charge on any atom is -0.465 e. The molecule has 1 N–H and O–H groups in total. The van der Waals surface area contributed by atoms with Crippen molar-refractivity contribution in [3.63, 3.8) is 0 Å². The van der Waals surface area contributed by atoms with Gasteiger partial charge in [-0.25, -0.2) is 9.97 Å². The number of nitrogens with zero attached hydrogens (tertiary/aromatic N) is 4. The number of esters is 1. The van der Waals surface area contributed by atoms with E-state index in [1.165, 1.54) is 34.4 Å². The Morgan fingerprint density at radius 2 is 1.87 bits per heavy atom. The summed E-state index contributed by atoms with van der Waals surface area (Å²) in [7, 11) is 0. The highest BCUT2D eigenvalue weighted by atomic mass is 32.2. The van der Waals surface area contributed by atoms with Crippen LogP contribution in [0.15, 0.2) is 4.34 Å². The van der Waals surface area contributed by atoms with Crippen LogP contribution in [0.1, 0.15) is 54.4 Å². The molecule has 0 saturated heterocycles. The molecule has 3 aromatic rings. The van der Waals surface area contributed by atoms with Gasteiger partial charge in [0.1, 0.15) is 10.7 Å². The monoisotopic (exact) mass is 465 g/mol. The largest absolute Gasteiger partial charge is 0.465 e. The summed E-state index contributed by atoms with van der Waals surface area (Å²) >= 11 is 3.79. The molecule has 0 radical (unpaired) electrons. The molecule has 0 aromatic carbocycles. The number of anilines is 1. The molecule has 0 unspecified atom stereocenters. The summed E-state index contributed by atoms with van der Waals surface area (Å²) in [6.45, 7) is 12.1. The molecule has 0 aliphatic rings. The van der Waals surface area contributed by atoms with Crippen LogP contribution < -0.4 is 5.32 Å². The van der Waals surface area contributed by atoms with Crippen LogP contribution in [0.4, 0.5) is 5.13 Å². The standard InChI is InChI=1S/C19H23N5O3S3/c1-7-27-11(25)8-28-18-24-23-17(30-18)21-14(26)13-9(2)12-10(3)20-16(19(4,5)6)22-15(12)29-13/h7-8H2,1-6H3,(H,21,23,26). The summed E-state index contributed by atoms with van der Waals surface area (Å²) in [5, 5.41) is 12.1. The van der Waals surface area contributed by atoms with Gasteiger partial charge in [-0.1, -0.05) is 43.9 Å². The van der Waals surface area contributed by atoms with E-state index in [1.807, 2.05) is 13.8 Å². The van der Waals surface area contributed by atoms with Gasteiger partial charge in [0.25, 0.3) is 5.91 Å². The van der Waals surface area contributed by atoms with Crippen LogP contribution in [0, 0.1) is 13.8 Å². The predicted octanol–water partition coefficient (Wildman–Crippen LogP) is 4.36. The summed E-state index contributed by atoms with van der Waals surface area (Å²) in [6.07, 6.45) is 0. The van der Waals surface area contributed by atoms with E-state index in [4.69, 9.17) is 9.72 Å². The zero-order chi connectivity index (χ0) is 22.1. The average molecular weight is 466 g/mol. The molecule has 3 aromatic heterocycles. The quantitative estimate of drug-likeness (QED) is 0.325. The molecule has 160 valence electrons. The van der Waals surface area contributed by atoms with Crippen LogP contribution in [0.2, 0.25) is 0 Å². The molecule has 0 aliphatic carbocycles. The molecule has 1 amide bonds. The molecule has 0 aliphatic heterocycles. The third kappa shape index (κ3) is 4.96. The molecule has 30 heavy (non-hydrogen) atoms. The number of aromatic nitrogens is 4. The Bertz CT molecular complexity index is 1100. The molecule has 11 heteroatoms. The van der Waals surface area contributed by atoms with Crippen molar-refractivity contribution < 1.29 is 14.3 Å². The highest BCUT2D eigenvalue weighted by molar-refractivity contribution is 8.01. The smallest absolute Gasteiger partial charge is 0.316 e. The van der Waals surface area contributed by atoms with Crippen LogP contribution in [0.5, 0.6) is 0 Å². The van der Waals surface area contributed by atoms with Gasteiger partial charge in [-0.05, 0) is 26.3 Å². The van der Waals surface area contributed by atoms with Gasteiger partial charge in [-0.2, -0.15) is 0 Å². The van der Waals surface area contributed by atoms with E-state index in [2.05, 4.69) is 41.3 Å². The number of thioether (sulfide) groups is 1. The van der Waals surface area contributed by atoms with Crippen molar-refractivity contribution in [1.82, 2.24) is 20.2 Å². The normalized spacial score (nSPS) is 11.7.